The van der Waals surface area contributed by atoms with Crippen LogP contribution in [0.2, 0.25) is 0 Å². The molecule has 3 atom stereocenters. The van der Waals surface area contributed by atoms with Crippen LogP contribution in [0.25, 0.3) is 22.3 Å². The number of aromatic nitrogens is 8. The number of nitrogens with zero attached hydrogens (tertiary/aromatic N) is 9. The van der Waals surface area contributed by atoms with E-state index in [1.807, 2.05) is 0 Å². The van der Waals surface area contributed by atoms with Crippen molar-refractivity contribution in [2.75, 3.05) is 20.7 Å². The maximum absolute atomic E-state index is 11.9. The summed E-state index contributed by atoms with van der Waals surface area (Å²) < 4.78 is 12.2. The Kier molecular flexibility index (Phi) is 10.2. The van der Waals surface area contributed by atoms with Crippen molar-refractivity contribution in [1.82, 2.24) is 42.3 Å². The Labute approximate surface area is 308 Å². The molecule has 0 unspecified atom stereocenters. The number of carbonyl (C=O) groups is 2. The summed E-state index contributed by atoms with van der Waals surface area (Å²) in [7, 11) is 9.74. The molecule has 1 aromatic carbocycles. The Morgan fingerprint density at radius 1 is 0.796 bits per heavy atom. The van der Waals surface area contributed by atoms with Crippen molar-refractivity contribution in [2.45, 2.75) is 63.1 Å². The van der Waals surface area contributed by atoms with E-state index in [-0.39, 0.29) is 35.4 Å². The molecule has 5 aromatic rings. The average Bonchev–Trinajstić information content (AvgIpc) is 3.77. The second-order valence-electron chi connectivity index (χ2n) is 14.3. The van der Waals surface area contributed by atoms with Crippen molar-refractivity contribution in [3.8, 4) is 5.75 Å². The fraction of sp³-hybridized carbons (Fsp3) is 0.500. The number of rotatable bonds is 5. The van der Waals surface area contributed by atoms with E-state index in [2.05, 4.69) is 40.1 Å². The molecule has 1 saturated carbocycles. The molecular formula is C36H45N9O9. The van der Waals surface area contributed by atoms with Crippen LogP contribution in [-0.2, 0) is 62.7 Å². The first-order chi connectivity index (χ1) is 25.6. The molecule has 4 aromatic heterocycles. The zero-order valence-electron chi connectivity index (χ0n) is 31.2. The van der Waals surface area contributed by atoms with Crippen LogP contribution in [0.1, 0.15) is 43.2 Å². The number of hydrogen-bond donors (Lipinski definition) is 2. The molecule has 54 heavy (non-hydrogen) atoms. The molecule has 0 radical (unpaired) electrons. The highest BCUT2D eigenvalue weighted by molar-refractivity contribution is 5.75. The molecule has 2 aliphatic carbocycles. The number of carboxylic acid groups (broad SMARTS) is 2. The van der Waals surface area contributed by atoms with Crippen LogP contribution in [0.4, 0.5) is 0 Å². The van der Waals surface area contributed by atoms with Gasteiger partial charge in [-0.3, -0.25) is 37.4 Å². The van der Waals surface area contributed by atoms with Gasteiger partial charge in [0.2, 0.25) is 0 Å². The minimum absolute atomic E-state index is 0.108. The molecule has 8 rings (SSSR count). The highest BCUT2D eigenvalue weighted by Crippen LogP contribution is 2.55. The molecule has 1 aliphatic heterocycles. The third-order valence-electron chi connectivity index (χ3n) is 11.4. The average molecular weight is 748 g/mol. The van der Waals surface area contributed by atoms with Gasteiger partial charge in [0.15, 0.2) is 22.3 Å². The van der Waals surface area contributed by atoms with Crippen LogP contribution in [0, 0.1) is 5.92 Å². The fourth-order valence-corrected chi connectivity index (χ4v) is 8.63. The van der Waals surface area contributed by atoms with E-state index in [9.17, 15) is 28.8 Å². The van der Waals surface area contributed by atoms with Crippen molar-refractivity contribution in [3.63, 3.8) is 0 Å². The van der Waals surface area contributed by atoms with Crippen LogP contribution in [0.15, 0.2) is 50.0 Å². The number of carboxylic acids is 2. The molecule has 288 valence electrons. The lowest BCUT2D eigenvalue weighted by Crippen LogP contribution is -2.59. The lowest BCUT2D eigenvalue weighted by Gasteiger charge is -2.58. The third kappa shape index (κ3) is 6.43. The lowest BCUT2D eigenvalue weighted by molar-refractivity contribution is -0.138. The van der Waals surface area contributed by atoms with Gasteiger partial charge in [0, 0.05) is 39.6 Å². The molecule has 2 bridgehead atoms. The minimum atomic E-state index is -1.08. The van der Waals surface area contributed by atoms with Crippen LogP contribution in [0.5, 0.6) is 5.75 Å². The first-order valence-electron chi connectivity index (χ1n) is 17.6. The van der Waals surface area contributed by atoms with Crippen LogP contribution < -0.4 is 27.2 Å². The SMILES string of the molecule is COc1ccc2c(c1)[C@@]13CCCC[C@H]1[C@@H](C2)N(C)CC3.Cn1c(=O)c2c(ncn2CC(=O)O)n(C)c1=O.Cn1c(=O)c2c(ncn2CC(=O)O)n(C)c1=O. The van der Waals surface area contributed by atoms with E-state index in [1.165, 1.54) is 104 Å². The van der Waals surface area contributed by atoms with Gasteiger partial charge in [-0.2, -0.15) is 0 Å². The zero-order chi connectivity index (χ0) is 39.2. The van der Waals surface area contributed by atoms with Crippen molar-refractivity contribution >= 4 is 34.3 Å². The van der Waals surface area contributed by atoms with E-state index in [0.29, 0.717) is 5.41 Å². The number of benzene rings is 1. The number of imidazole rings is 2. The highest BCUT2D eigenvalue weighted by atomic mass is 16.5. The number of aliphatic carboxylic acids is 2. The lowest BCUT2D eigenvalue weighted by atomic mass is 9.52. The first kappa shape index (κ1) is 38.0. The molecule has 0 amide bonds. The number of ether oxygens (including phenoxy) is 1. The molecule has 3 aliphatic rings. The van der Waals surface area contributed by atoms with E-state index < -0.39 is 34.4 Å². The van der Waals surface area contributed by atoms with Crippen LogP contribution in [0.3, 0.4) is 0 Å². The summed E-state index contributed by atoms with van der Waals surface area (Å²) in [4.78, 5) is 78.6. The van der Waals surface area contributed by atoms with E-state index in [0.717, 1.165) is 26.8 Å². The highest BCUT2D eigenvalue weighted by Gasteiger charge is 2.53. The van der Waals surface area contributed by atoms with Crippen LogP contribution >= 0.6 is 0 Å². The number of likely N-dealkylation sites (tertiary alicyclic amines) is 1. The molecular weight excluding hydrogens is 702 g/mol. The number of fused-ring (bicyclic) bond motifs is 3. The van der Waals surface area contributed by atoms with Gasteiger partial charge >= 0.3 is 23.3 Å². The number of methoxy groups -OCH3 is 1. The second kappa shape index (κ2) is 14.6. The predicted octanol–water partition coefficient (Wildman–Crippen LogP) is 0.420. The van der Waals surface area contributed by atoms with Gasteiger partial charge in [-0.25, -0.2) is 19.6 Å². The monoisotopic (exact) mass is 747 g/mol. The molecule has 2 N–H and O–H groups in total. The summed E-state index contributed by atoms with van der Waals surface area (Å²) in [5, 5.41) is 17.4. The van der Waals surface area contributed by atoms with Gasteiger partial charge in [-0.15, -0.1) is 0 Å². The second-order valence-corrected chi connectivity index (χ2v) is 14.3. The fourth-order valence-electron chi connectivity index (χ4n) is 8.63. The summed E-state index contributed by atoms with van der Waals surface area (Å²) in [6.07, 6.45) is 10.7. The Hall–Kier alpha value is -5.78. The Morgan fingerprint density at radius 3 is 1.83 bits per heavy atom. The molecule has 0 spiro atoms. The van der Waals surface area contributed by atoms with Gasteiger partial charge in [-0.05, 0) is 68.5 Å². The summed E-state index contributed by atoms with van der Waals surface area (Å²) in [6.45, 7) is 0.520. The van der Waals surface area contributed by atoms with Gasteiger partial charge in [-0.1, -0.05) is 18.9 Å². The summed E-state index contributed by atoms with van der Waals surface area (Å²) in [6, 6.07) is 7.60. The van der Waals surface area contributed by atoms with Crippen molar-refractivity contribution in [3.05, 3.63) is 83.7 Å². The number of piperidine rings is 1. The number of aryl methyl sites for hydroxylation is 2. The normalized spacial score (nSPS) is 20.3. The van der Waals surface area contributed by atoms with E-state index in [1.54, 1.807) is 18.2 Å². The maximum atomic E-state index is 11.9. The van der Waals surface area contributed by atoms with Crippen molar-refractivity contribution in [2.24, 2.45) is 34.1 Å². The van der Waals surface area contributed by atoms with Gasteiger partial charge < -0.3 is 29.0 Å². The molecule has 2 fully saturated rings. The largest absolute Gasteiger partial charge is 0.497 e. The first-order valence-corrected chi connectivity index (χ1v) is 17.6. The van der Waals surface area contributed by atoms with Gasteiger partial charge in [0.05, 0.1) is 19.8 Å². The maximum Gasteiger partial charge on any atom is 0.332 e. The topological polar surface area (TPSA) is 211 Å². The zero-order valence-corrected chi connectivity index (χ0v) is 31.2. The van der Waals surface area contributed by atoms with E-state index in [4.69, 9.17) is 14.9 Å². The number of hydrogen-bond acceptors (Lipinski definition) is 10. The molecule has 18 heteroatoms. The Balaban J connectivity index is 0.000000139. The predicted molar refractivity (Wildman–Crippen MR) is 197 cm³/mol. The molecule has 18 nitrogen and oxygen atoms in total. The van der Waals surface area contributed by atoms with Crippen LogP contribution in [-0.4, -0.2) is 91.2 Å². The standard InChI is InChI=1S/C18H25NO.2C9H10N4O4/c1-19-10-9-18-8-4-3-5-15(18)17(19)11-13-6-7-14(20-2)12-16(13)18;2*1-11-7-6(8(16)12(2)9(11)17)13(4-10-7)3-5(14)15/h6-7,12,15,17H,3-5,8-11H2,1-2H3;2*4H,3H2,1-2H3,(H,14,15)/t15-,17+,18+;;/m0../s1. The Morgan fingerprint density at radius 2 is 1.33 bits per heavy atom. The summed E-state index contributed by atoms with van der Waals surface area (Å²) in [5.74, 6) is -0.255. The summed E-state index contributed by atoms with van der Waals surface area (Å²) in [5.41, 5.74) is 2.14. The molecule has 1 saturated heterocycles. The van der Waals surface area contributed by atoms with Gasteiger partial charge in [0.25, 0.3) is 11.1 Å². The van der Waals surface area contributed by atoms with Gasteiger partial charge in [0.1, 0.15) is 18.8 Å². The molecule has 5 heterocycles. The van der Waals surface area contributed by atoms with Crippen molar-refractivity contribution in [1.29, 1.82) is 0 Å². The quantitative estimate of drug-likeness (QED) is 0.251. The Bertz CT molecular complexity index is 2400. The third-order valence-corrected chi connectivity index (χ3v) is 11.4. The minimum Gasteiger partial charge on any atom is -0.497 e. The van der Waals surface area contributed by atoms with E-state index >= 15 is 0 Å². The van der Waals surface area contributed by atoms with Crippen molar-refractivity contribution < 1.29 is 24.5 Å². The summed E-state index contributed by atoms with van der Waals surface area (Å²) >= 11 is 0. The smallest absolute Gasteiger partial charge is 0.332 e. The number of likely N-dealkylation sites (N-methyl/N-ethyl adjacent to an activating group) is 1.